The van der Waals surface area contributed by atoms with Crippen LogP contribution in [0.25, 0.3) is 11.3 Å². The molecule has 0 aliphatic carbocycles. The molecule has 1 aromatic carbocycles. The van der Waals surface area contributed by atoms with E-state index in [1.165, 1.54) is 11.3 Å². The number of nitrogen functional groups attached to an aromatic ring is 1. The van der Waals surface area contributed by atoms with Gasteiger partial charge >= 0.3 is 6.03 Å². The van der Waals surface area contributed by atoms with Gasteiger partial charge in [-0.3, -0.25) is 5.32 Å². The zero-order valence-electron chi connectivity index (χ0n) is 11.0. The van der Waals surface area contributed by atoms with E-state index in [2.05, 4.69) is 10.3 Å². The summed E-state index contributed by atoms with van der Waals surface area (Å²) in [5, 5.41) is 5.40. The number of hydrogen-bond acceptors (Lipinski definition) is 4. The molecule has 1 aliphatic rings. The Morgan fingerprint density at radius 2 is 2.15 bits per heavy atom. The molecule has 3 rings (SSSR count). The average Bonchev–Trinajstić information content (AvgIpc) is 3.10. The third kappa shape index (κ3) is 2.75. The summed E-state index contributed by atoms with van der Waals surface area (Å²) >= 11 is 1.43. The molecule has 5 nitrogen and oxygen atoms in total. The van der Waals surface area contributed by atoms with Crippen molar-refractivity contribution >= 4 is 28.2 Å². The van der Waals surface area contributed by atoms with Crippen LogP contribution in [-0.4, -0.2) is 29.0 Å². The second-order valence-corrected chi connectivity index (χ2v) is 5.65. The zero-order chi connectivity index (χ0) is 13.9. The maximum Gasteiger partial charge on any atom is 0.323 e. The quantitative estimate of drug-likeness (QED) is 0.834. The van der Waals surface area contributed by atoms with Gasteiger partial charge in [-0.05, 0) is 25.0 Å². The van der Waals surface area contributed by atoms with Gasteiger partial charge < -0.3 is 10.6 Å². The molecule has 3 N–H and O–H groups in total. The van der Waals surface area contributed by atoms with Crippen molar-refractivity contribution in [1.82, 2.24) is 9.88 Å². The highest BCUT2D eigenvalue weighted by atomic mass is 32.1. The number of likely N-dealkylation sites (tertiary alicyclic amines) is 1. The van der Waals surface area contributed by atoms with E-state index < -0.39 is 0 Å². The molecular formula is C14H16N4OS. The van der Waals surface area contributed by atoms with Gasteiger partial charge in [0.05, 0.1) is 5.69 Å². The lowest BCUT2D eigenvalue weighted by atomic mass is 10.1. The van der Waals surface area contributed by atoms with Crippen LogP contribution in [0.15, 0.2) is 29.6 Å². The first-order valence-corrected chi connectivity index (χ1v) is 7.48. The van der Waals surface area contributed by atoms with Gasteiger partial charge in [0.15, 0.2) is 5.13 Å². The number of rotatable bonds is 2. The first kappa shape index (κ1) is 12.9. The molecule has 0 atom stereocenters. The Morgan fingerprint density at radius 1 is 1.35 bits per heavy atom. The summed E-state index contributed by atoms with van der Waals surface area (Å²) in [7, 11) is 0. The third-order valence-electron chi connectivity index (χ3n) is 3.29. The van der Waals surface area contributed by atoms with Crippen LogP contribution >= 0.6 is 11.3 Å². The Balaban J connectivity index is 1.72. The number of aromatic nitrogens is 1. The maximum atomic E-state index is 12.0. The van der Waals surface area contributed by atoms with Gasteiger partial charge in [0, 0.05) is 29.7 Å². The van der Waals surface area contributed by atoms with E-state index in [0.717, 1.165) is 37.2 Å². The molecule has 0 spiro atoms. The molecule has 0 radical (unpaired) electrons. The minimum atomic E-state index is -0.0593. The van der Waals surface area contributed by atoms with Crippen molar-refractivity contribution in [3.63, 3.8) is 0 Å². The summed E-state index contributed by atoms with van der Waals surface area (Å²) in [6, 6.07) is 7.51. The fraction of sp³-hybridized carbons (Fsp3) is 0.286. The van der Waals surface area contributed by atoms with E-state index in [9.17, 15) is 4.79 Å². The molecule has 0 unspecified atom stereocenters. The average molecular weight is 288 g/mol. The number of carbonyl (C=O) groups is 1. The molecule has 2 heterocycles. The van der Waals surface area contributed by atoms with E-state index in [1.807, 2.05) is 34.5 Å². The highest BCUT2D eigenvalue weighted by Gasteiger charge is 2.18. The number of nitrogens with zero attached hydrogens (tertiary/aromatic N) is 2. The summed E-state index contributed by atoms with van der Waals surface area (Å²) in [6.45, 7) is 1.67. The van der Waals surface area contributed by atoms with Gasteiger partial charge in [-0.25, -0.2) is 9.78 Å². The summed E-state index contributed by atoms with van der Waals surface area (Å²) in [4.78, 5) is 18.2. The van der Waals surface area contributed by atoms with Crippen LogP contribution in [0.5, 0.6) is 0 Å². The van der Waals surface area contributed by atoms with E-state index in [-0.39, 0.29) is 6.03 Å². The van der Waals surface area contributed by atoms with Crippen LogP contribution < -0.4 is 11.1 Å². The molecule has 2 amide bonds. The molecule has 1 fully saturated rings. The number of anilines is 2. The topological polar surface area (TPSA) is 71.2 Å². The summed E-state index contributed by atoms with van der Waals surface area (Å²) in [5.74, 6) is 0. The highest BCUT2D eigenvalue weighted by Crippen LogP contribution is 2.26. The van der Waals surface area contributed by atoms with Gasteiger partial charge in [0.1, 0.15) is 0 Å². The Bertz CT molecular complexity index is 619. The number of hydrogen-bond donors (Lipinski definition) is 2. The monoisotopic (exact) mass is 288 g/mol. The predicted octanol–water partition coefficient (Wildman–Crippen LogP) is 3.02. The lowest BCUT2D eigenvalue weighted by Gasteiger charge is -2.14. The molecule has 1 aliphatic heterocycles. The van der Waals surface area contributed by atoms with Crippen molar-refractivity contribution in [2.75, 3.05) is 24.1 Å². The van der Waals surface area contributed by atoms with E-state index in [4.69, 9.17) is 5.73 Å². The SMILES string of the molecule is Nc1cccc(-c2csc(NC(=O)N3CCCC3)n2)c1. The van der Waals surface area contributed by atoms with E-state index >= 15 is 0 Å². The lowest BCUT2D eigenvalue weighted by Crippen LogP contribution is -2.32. The molecule has 2 aromatic rings. The number of nitrogens with two attached hydrogens (primary N) is 1. The van der Waals surface area contributed by atoms with Crippen molar-refractivity contribution in [2.24, 2.45) is 0 Å². The predicted molar refractivity (Wildman–Crippen MR) is 81.8 cm³/mol. The van der Waals surface area contributed by atoms with E-state index in [1.54, 1.807) is 0 Å². The first-order valence-electron chi connectivity index (χ1n) is 6.60. The van der Waals surface area contributed by atoms with E-state index in [0.29, 0.717) is 10.8 Å². The third-order valence-corrected chi connectivity index (χ3v) is 4.05. The smallest absolute Gasteiger partial charge is 0.323 e. The molecular weight excluding hydrogens is 272 g/mol. The number of urea groups is 1. The number of thiazole rings is 1. The molecule has 0 bridgehead atoms. The molecule has 0 saturated carbocycles. The minimum absolute atomic E-state index is 0.0593. The maximum absolute atomic E-state index is 12.0. The van der Waals surface area contributed by atoms with Gasteiger partial charge in [0.25, 0.3) is 0 Å². The van der Waals surface area contributed by atoms with Crippen molar-refractivity contribution in [3.05, 3.63) is 29.6 Å². The van der Waals surface area contributed by atoms with Gasteiger partial charge in [-0.2, -0.15) is 0 Å². The number of amides is 2. The fourth-order valence-electron chi connectivity index (χ4n) is 2.25. The van der Waals surface area contributed by atoms with Crippen LogP contribution in [-0.2, 0) is 0 Å². The Morgan fingerprint density at radius 3 is 2.90 bits per heavy atom. The largest absolute Gasteiger partial charge is 0.399 e. The minimum Gasteiger partial charge on any atom is -0.399 e. The van der Waals surface area contributed by atoms with Crippen molar-refractivity contribution in [2.45, 2.75) is 12.8 Å². The van der Waals surface area contributed by atoms with Gasteiger partial charge in [-0.15, -0.1) is 11.3 Å². The Kier molecular flexibility index (Phi) is 3.56. The van der Waals surface area contributed by atoms with Crippen LogP contribution in [0.3, 0.4) is 0 Å². The lowest BCUT2D eigenvalue weighted by molar-refractivity contribution is 0.222. The second kappa shape index (κ2) is 5.50. The molecule has 1 aromatic heterocycles. The summed E-state index contributed by atoms with van der Waals surface area (Å²) in [6.07, 6.45) is 2.17. The van der Waals surface area contributed by atoms with Gasteiger partial charge in [-0.1, -0.05) is 12.1 Å². The Labute approximate surface area is 121 Å². The zero-order valence-corrected chi connectivity index (χ0v) is 11.8. The molecule has 1 saturated heterocycles. The summed E-state index contributed by atoms with van der Waals surface area (Å²) < 4.78 is 0. The van der Waals surface area contributed by atoms with Crippen molar-refractivity contribution in [1.29, 1.82) is 0 Å². The van der Waals surface area contributed by atoms with Crippen LogP contribution in [0.4, 0.5) is 15.6 Å². The Hall–Kier alpha value is -2.08. The van der Waals surface area contributed by atoms with Crippen molar-refractivity contribution < 1.29 is 4.79 Å². The van der Waals surface area contributed by atoms with Crippen LogP contribution in [0.1, 0.15) is 12.8 Å². The number of nitrogens with one attached hydrogen (secondary N) is 1. The fourth-order valence-corrected chi connectivity index (χ4v) is 2.96. The molecule has 6 heteroatoms. The van der Waals surface area contributed by atoms with Crippen LogP contribution in [0.2, 0.25) is 0 Å². The number of carbonyl (C=O) groups excluding carboxylic acids is 1. The molecule has 104 valence electrons. The standard InChI is InChI=1S/C14H16N4OS/c15-11-5-3-4-10(8-11)12-9-20-13(16-12)17-14(19)18-6-1-2-7-18/h3-5,8-9H,1-2,6-7,15H2,(H,16,17,19). The van der Waals surface area contributed by atoms with Crippen LogP contribution in [0, 0.1) is 0 Å². The first-order chi connectivity index (χ1) is 9.72. The van der Waals surface area contributed by atoms with Gasteiger partial charge in [0.2, 0.25) is 0 Å². The van der Waals surface area contributed by atoms with Crippen molar-refractivity contribution in [3.8, 4) is 11.3 Å². The molecule has 20 heavy (non-hydrogen) atoms. The number of benzene rings is 1. The normalized spacial score (nSPS) is 14.5. The summed E-state index contributed by atoms with van der Waals surface area (Å²) in [5.41, 5.74) is 8.27. The second-order valence-electron chi connectivity index (χ2n) is 4.79. The highest BCUT2D eigenvalue weighted by molar-refractivity contribution is 7.14.